The largest absolute Gasteiger partial charge is 0.347 e. The molecule has 0 bridgehead atoms. The highest BCUT2D eigenvalue weighted by molar-refractivity contribution is 7.09. The van der Waals surface area contributed by atoms with Gasteiger partial charge in [0.05, 0.1) is 12.2 Å². The molecule has 0 atom stereocenters. The maximum absolute atomic E-state index is 5.54. The highest BCUT2D eigenvalue weighted by atomic mass is 32.1. The van der Waals surface area contributed by atoms with Gasteiger partial charge in [0.25, 0.3) is 0 Å². The smallest absolute Gasteiger partial charge is 0.151 e. The van der Waals surface area contributed by atoms with Crippen LogP contribution in [-0.4, -0.2) is 16.2 Å². The summed E-state index contributed by atoms with van der Waals surface area (Å²) in [6, 6.07) is 8.88. The van der Waals surface area contributed by atoms with E-state index in [2.05, 4.69) is 32.6 Å². The minimum absolute atomic E-state index is 0.446. The SMILES string of the molecule is NCc1ccc(N(Cc2cccs2)C2CC2)nn1. The number of hydrogen-bond acceptors (Lipinski definition) is 5. The van der Waals surface area contributed by atoms with E-state index in [-0.39, 0.29) is 0 Å². The van der Waals surface area contributed by atoms with E-state index in [1.54, 1.807) is 11.3 Å². The third-order valence-corrected chi connectivity index (χ3v) is 3.96. The maximum Gasteiger partial charge on any atom is 0.151 e. The zero-order valence-corrected chi connectivity index (χ0v) is 10.9. The molecule has 5 heteroatoms. The van der Waals surface area contributed by atoms with Crippen molar-refractivity contribution in [1.82, 2.24) is 10.2 Å². The number of thiophene rings is 1. The summed E-state index contributed by atoms with van der Waals surface area (Å²) in [4.78, 5) is 3.71. The van der Waals surface area contributed by atoms with Gasteiger partial charge in [-0.25, -0.2) is 0 Å². The zero-order valence-electron chi connectivity index (χ0n) is 10.1. The Morgan fingerprint density at radius 1 is 1.28 bits per heavy atom. The highest BCUT2D eigenvalue weighted by Crippen LogP contribution is 2.32. The third kappa shape index (κ3) is 2.52. The van der Waals surface area contributed by atoms with Crippen LogP contribution in [0.25, 0.3) is 0 Å². The minimum atomic E-state index is 0.446. The normalized spacial score (nSPS) is 14.7. The van der Waals surface area contributed by atoms with Crippen molar-refractivity contribution in [2.24, 2.45) is 5.73 Å². The van der Waals surface area contributed by atoms with E-state index in [1.165, 1.54) is 17.7 Å². The number of nitrogens with zero attached hydrogens (tertiary/aromatic N) is 3. The Balaban J connectivity index is 1.80. The number of rotatable bonds is 5. The van der Waals surface area contributed by atoms with Gasteiger partial charge >= 0.3 is 0 Å². The van der Waals surface area contributed by atoms with Gasteiger partial charge in [0.1, 0.15) is 0 Å². The summed E-state index contributed by atoms with van der Waals surface area (Å²) in [6.45, 7) is 1.38. The van der Waals surface area contributed by atoms with Crippen LogP contribution in [0.4, 0.5) is 5.82 Å². The Morgan fingerprint density at radius 3 is 2.72 bits per heavy atom. The van der Waals surface area contributed by atoms with Crippen molar-refractivity contribution in [1.29, 1.82) is 0 Å². The van der Waals surface area contributed by atoms with E-state index in [4.69, 9.17) is 5.73 Å². The van der Waals surface area contributed by atoms with Crippen LogP contribution in [0.5, 0.6) is 0 Å². The molecule has 2 N–H and O–H groups in total. The highest BCUT2D eigenvalue weighted by Gasteiger charge is 2.30. The molecular weight excluding hydrogens is 244 g/mol. The van der Waals surface area contributed by atoms with Crippen molar-refractivity contribution < 1.29 is 0 Å². The lowest BCUT2D eigenvalue weighted by atomic mass is 10.3. The third-order valence-electron chi connectivity index (χ3n) is 3.10. The first-order valence-corrected chi connectivity index (χ1v) is 7.06. The second kappa shape index (κ2) is 5.04. The number of hydrogen-bond donors (Lipinski definition) is 1. The van der Waals surface area contributed by atoms with Gasteiger partial charge < -0.3 is 10.6 Å². The molecule has 94 valence electrons. The predicted molar refractivity (Wildman–Crippen MR) is 73.4 cm³/mol. The van der Waals surface area contributed by atoms with Crippen molar-refractivity contribution in [2.45, 2.75) is 32.0 Å². The van der Waals surface area contributed by atoms with Crippen LogP contribution in [0.3, 0.4) is 0 Å². The Bertz CT molecular complexity index is 490. The summed E-state index contributed by atoms with van der Waals surface area (Å²) < 4.78 is 0. The number of anilines is 1. The zero-order chi connectivity index (χ0) is 12.4. The molecule has 0 amide bonds. The lowest BCUT2D eigenvalue weighted by Crippen LogP contribution is -2.26. The Morgan fingerprint density at radius 2 is 2.17 bits per heavy atom. The van der Waals surface area contributed by atoms with E-state index in [0.29, 0.717) is 12.6 Å². The minimum Gasteiger partial charge on any atom is -0.347 e. The molecule has 0 spiro atoms. The molecule has 18 heavy (non-hydrogen) atoms. The number of aromatic nitrogens is 2. The summed E-state index contributed by atoms with van der Waals surface area (Å²) in [6.07, 6.45) is 2.51. The van der Waals surface area contributed by atoms with Crippen molar-refractivity contribution >= 4 is 17.2 Å². The molecule has 3 rings (SSSR count). The fourth-order valence-electron chi connectivity index (χ4n) is 1.97. The van der Waals surface area contributed by atoms with Crippen molar-refractivity contribution in [3.05, 3.63) is 40.2 Å². The van der Waals surface area contributed by atoms with Crippen LogP contribution in [0, 0.1) is 0 Å². The molecule has 0 radical (unpaired) electrons. The van der Waals surface area contributed by atoms with Crippen LogP contribution >= 0.6 is 11.3 Å². The average Bonchev–Trinajstić information content (AvgIpc) is 3.13. The average molecular weight is 260 g/mol. The molecule has 1 aliphatic carbocycles. The fourth-order valence-corrected chi connectivity index (χ4v) is 2.67. The van der Waals surface area contributed by atoms with Gasteiger partial charge in [0.15, 0.2) is 5.82 Å². The van der Waals surface area contributed by atoms with Gasteiger partial charge in [0, 0.05) is 17.5 Å². The standard InChI is InChI=1S/C13H16N4S/c14-8-10-3-6-13(16-15-10)17(11-4-5-11)9-12-2-1-7-18-12/h1-3,6-7,11H,4-5,8-9,14H2. The monoisotopic (exact) mass is 260 g/mol. The van der Waals surface area contributed by atoms with Gasteiger partial charge in [-0.1, -0.05) is 6.07 Å². The maximum atomic E-state index is 5.54. The molecule has 2 aromatic heterocycles. The van der Waals surface area contributed by atoms with Gasteiger partial charge in [-0.2, -0.15) is 5.10 Å². The Hall–Kier alpha value is -1.46. The first kappa shape index (κ1) is 11.6. The molecule has 1 saturated carbocycles. The van der Waals surface area contributed by atoms with Crippen LogP contribution in [0.1, 0.15) is 23.4 Å². The Labute approximate surface area is 110 Å². The van der Waals surface area contributed by atoms with Gasteiger partial charge in [0.2, 0.25) is 0 Å². The molecule has 0 aliphatic heterocycles. The molecule has 0 aromatic carbocycles. The summed E-state index contributed by atoms with van der Waals surface area (Å²) in [5.74, 6) is 0.961. The Kier molecular flexibility index (Phi) is 3.25. The van der Waals surface area contributed by atoms with Crippen molar-refractivity contribution in [2.75, 3.05) is 4.90 Å². The first-order chi connectivity index (χ1) is 8.86. The molecule has 2 aromatic rings. The first-order valence-electron chi connectivity index (χ1n) is 6.18. The van der Waals surface area contributed by atoms with E-state index >= 15 is 0 Å². The summed E-state index contributed by atoms with van der Waals surface area (Å²) in [5.41, 5.74) is 6.38. The van der Waals surface area contributed by atoms with Crippen molar-refractivity contribution in [3.63, 3.8) is 0 Å². The topological polar surface area (TPSA) is 55.0 Å². The molecule has 1 aliphatic rings. The number of nitrogens with two attached hydrogens (primary N) is 1. The van der Waals surface area contributed by atoms with Crippen LogP contribution in [0.15, 0.2) is 29.6 Å². The fraction of sp³-hybridized carbons (Fsp3) is 0.385. The second-order valence-corrected chi connectivity index (χ2v) is 5.56. The predicted octanol–water partition coefficient (Wildman–Crippen LogP) is 2.17. The lowest BCUT2D eigenvalue weighted by Gasteiger charge is -2.22. The molecule has 2 heterocycles. The molecule has 1 fully saturated rings. The second-order valence-electron chi connectivity index (χ2n) is 4.53. The van der Waals surface area contributed by atoms with E-state index in [1.807, 2.05) is 12.1 Å². The van der Waals surface area contributed by atoms with Crippen LogP contribution in [0.2, 0.25) is 0 Å². The quantitative estimate of drug-likeness (QED) is 0.895. The van der Waals surface area contributed by atoms with Gasteiger partial charge in [-0.05, 0) is 36.4 Å². The van der Waals surface area contributed by atoms with Crippen molar-refractivity contribution in [3.8, 4) is 0 Å². The van der Waals surface area contributed by atoms with Gasteiger partial charge in [-0.3, -0.25) is 0 Å². The van der Waals surface area contributed by atoms with Gasteiger partial charge in [-0.15, -0.1) is 16.4 Å². The molecule has 0 saturated heterocycles. The van der Waals surface area contributed by atoms with Crippen LogP contribution in [-0.2, 0) is 13.1 Å². The van der Waals surface area contributed by atoms with E-state index < -0.39 is 0 Å². The molecular formula is C13H16N4S. The van der Waals surface area contributed by atoms with E-state index in [9.17, 15) is 0 Å². The summed E-state index contributed by atoms with van der Waals surface area (Å²) in [5, 5.41) is 10.6. The molecule has 0 unspecified atom stereocenters. The van der Waals surface area contributed by atoms with E-state index in [0.717, 1.165) is 18.1 Å². The molecule has 4 nitrogen and oxygen atoms in total. The lowest BCUT2D eigenvalue weighted by molar-refractivity contribution is 0.762. The van der Waals surface area contributed by atoms with Crippen LogP contribution < -0.4 is 10.6 Å². The summed E-state index contributed by atoms with van der Waals surface area (Å²) in [7, 11) is 0. The summed E-state index contributed by atoms with van der Waals surface area (Å²) >= 11 is 1.79.